The van der Waals surface area contributed by atoms with Crippen LogP contribution in [0.25, 0.3) is 0 Å². The number of hydrogen-bond donors (Lipinski definition) is 3. The molecule has 0 aliphatic heterocycles. The summed E-state index contributed by atoms with van der Waals surface area (Å²) in [5.74, 6) is -1.37. The molecule has 1 aromatic rings. The standard InChI is InChI=1S/C14H21F2NO2/c15-11-5-6-12(13(16)9-11)14(19)10-17-7-3-1-2-4-8-18/h5-6,9,14,17-19H,1-4,7-8,10H2. The highest BCUT2D eigenvalue weighted by atomic mass is 19.1. The van der Waals surface area contributed by atoms with Crippen molar-refractivity contribution in [3.8, 4) is 0 Å². The molecule has 0 saturated carbocycles. The zero-order valence-corrected chi connectivity index (χ0v) is 10.9. The molecule has 1 rings (SSSR count). The summed E-state index contributed by atoms with van der Waals surface area (Å²) in [5, 5.41) is 21.4. The number of nitrogens with one attached hydrogen (secondary N) is 1. The van der Waals surface area contributed by atoms with Crippen molar-refractivity contribution in [2.75, 3.05) is 19.7 Å². The van der Waals surface area contributed by atoms with Gasteiger partial charge in [-0.1, -0.05) is 18.9 Å². The van der Waals surface area contributed by atoms with E-state index < -0.39 is 17.7 Å². The number of benzene rings is 1. The third-order valence-corrected chi connectivity index (χ3v) is 2.92. The van der Waals surface area contributed by atoms with Crippen LogP contribution in [-0.2, 0) is 0 Å². The smallest absolute Gasteiger partial charge is 0.131 e. The van der Waals surface area contributed by atoms with Crippen molar-refractivity contribution >= 4 is 0 Å². The normalized spacial score (nSPS) is 12.6. The van der Waals surface area contributed by atoms with Gasteiger partial charge in [0, 0.05) is 24.8 Å². The predicted molar refractivity (Wildman–Crippen MR) is 69.7 cm³/mol. The molecular weight excluding hydrogens is 252 g/mol. The number of aliphatic hydroxyl groups is 2. The van der Waals surface area contributed by atoms with Crippen LogP contribution in [0.15, 0.2) is 18.2 Å². The number of aliphatic hydroxyl groups excluding tert-OH is 2. The van der Waals surface area contributed by atoms with E-state index in [0.717, 1.165) is 44.4 Å². The lowest BCUT2D eigenvalue weighted by Gasteiger charge is -2.13. The fourth-order valence-corrected chi connectivity index (χ4v) is 1.84. The van der Waals surface area contributed by atoms with Gasteiger partial charge in [0.25, 0.3) is 0 Å². The molecule has 0 amide bonds. The second-order valence-electron chi connectivity index (χ2n) is 4.52. The van der Waals surface area contributed by atoms with Crippen LogP contribution in [0.2, 0.25) is 0 Å². The highest BCUT2D eigenvalue weighted by molar-refractivity contribution is 5.21. The Morgan fingerprint density at radius 3 is 2.53 bits per heavy atom. The van der Waals surface area contributed by atoms with Crippen molar-refractivity contribution in [1.82, 2.24) is 5.32 Å². The van der Waals surface area contributed by atoms with Crippen LogP contribution in [0.1, 0.15) is 37.4 Å². The van der Waals surface area contributed by atoms with E-state index in [1.54, 1.807) is 0 Å². The summed E-state index contributed by atoms with van der Waals surface area (Å²) in [4.78, 5) is 0. The molecule has 0 aromatic heterocycles. The molecule has 5 heteroatoms. The van der Waals surface area contributed by atoms with Gasteiger partial charge in [0.15, 0.2) is 0 Å². The topological polar surface area (TPSA) is 52.5 Å². The molecule has 0 aliphatic rings. The third kappa shape index (κ3) is 6.09. The Kier molecular flexibility index (Phi) is 7.55. The van der Waals surface area contributed by atoms with E-state index in [0.29, 0.717) is 0 Å². The first-order valence-corrected chi connectivity index (χ1v) is 6.59. The van der Waals surface area contributed by atoms with E-state index in [9.17, 15) is 13.9 Å². The average Bonchev–Trinajstić information content (AvgIpc) is 2.37. The van der Waals surface area contributed by atoms with E-state index in [1.165, 1.54) is 6.07 Å². The molecule has 1 unspecified atom stereocenters. The zero-order valence-electron chi connectivity index (χ0n) is 10.9. The Balaban J connectivity index is 2.22. The van der Waals surface area contributed by atoms with E-state index >= 15 is 0 Å². The summed E-state index contributed by atoms with van der Waals surface area (Å²) < 4.78 is 26.1. The van der Waals surface area contributed by atoms with Gasteiger partial charge in [0.2, 0.25) is 0 Å². The van der Waals surface area contributed by atoms with Crippen molar-refractivity contribution < 1.29 is 19.0 Å². The largest absolute Gasteiger partial charge is 0.396 e. The fourth-order valence-electron chi connectivity index (χ4n) is 1.84. The van der Waals surface area contributed by atoms with Crippen LogP contribution in [0.4, 0.5) is 8.78 Å². The summed E-state index contributed by atoms with van der Waals surface area (Å²) in [7, 11) is 0. The van der Waals surface area contributed by atoms with Gasteiger partial charge in [-0.15, -0.1) is 0 Å². The van der Waals surface area contributed by atoms with E-state index in [2.05, 4.69) is 5.32 Å². The second kappa shape index (κ2) is 8.96. The number of rotatable bonds is 9. The quantitative estimate of drug-likeness (QED) is 0.604. The predicted octanol–water partition coefficient (Wildman–Crippen LogP) is 2.14. The van der Waals surface area contributed by atoms with Gasteiger partial charge in [-0.05, 0) is 25.5 Å². The lowest BCUT2D eigenvalue weighted by Crippen LogP contribution is -2.23. The molecule has 1 atom stereocenters. The molecule has 0 fully saturated rings. The number of unbranched alkanes of at least 4 members (excludes halogenated alkanes) is 3. The zero-order chi connectivity index (χ0) is 14.1. The van der Waals surface area contributed by atoms with Crippen molar-refractivity contribution in [1.29, 1.82) is 0 Å². The van der Waals surface area contributed by atoms with Crippen molar-refractivity contribution in [3.63, 3.8) is 0 Å². The van der Waals surface area contributed by atoms with Crippen LogP contribution in [-0.4, -0.2) is 29.9 Å². The highest BCUT2D eigenvalue weighted by Crippen LogP contribution is 2.17. The van der Waals surface area contributed by atoms with Crippen LogP contribution >= 0.6 is 0 Å². The summed E-state index contributed by atoms with van der Waals surface area (Å²) in [6, 6.07) is 3.17. The lowest BCUT2D eigenvalue weighted by atomic mass is 10.1. The van der Waals surface area contributed by atoms with Crippen molar-refractivity contribution in [2.45, 2.75) is 31.8 Å². The monoisotopic (exact) mass is 273 g/mol. The Morgan fingerprint density at radius 1 is 1.11 bits per heavy atom. The Bertz CT molecular complexity index is 374. The SMILES string of the molecule is OCCCCCCNCC(O)c1ccc(F)cc1F. The third-order valence-electron chi connectivity index (χ3n) is 2.92. The molecule has 3 N–H and O–H groups in total. The fraction of sp³-hybridized carbons (Fsp3) is 0.571. The minimum absolute atomic E-state index is 0.106. The molecule has 0 spiro atoms. The molecule has 0 aliphatic carbocycles. The van der Waals surface area contributed by atoms with E-state index in [1.807, 2.05) is 0 Å². The molecule has 108 valence electrons. The Hall–Kier alpha value is -1.04. The lowest BCUT2D eigenvalue weighted by molar-refractivity contribution is 0.170. The van der Waals surface area contributed by atoms with Crippen LogP contribution in [0, 0.1) is 11.6 Å². The molecule has 3 nitrogen and oxygen atoms in total. The summed E-state index contributed by atoms with van der Waals surface area (Å²) in [5.41, 5.74) is 0.106. The van der Waals surface area contributed by atoms with Crippen LogP contribution < -0.4 is 5.32 Å². The van der Waals surface area contributed by atoms with Gasteiger partial charge in [-0.25, -0.2) is 8.78 Å². The maximum absolute atomic E-state index is 13.4. The minimum Gasteiger partial charge on any atom is -0.396 e. The number of hydrogen-bond acceptors (Lipinski definition) is 3. The number of halogens is 2. The second-order valence-corrected chi connectivity index (χ2v) is 4.52. The Morgan fingerprint density at radius 2 is 1.84 bits per heavy atom. The van der Waals surface area contributed by atoms with Gasteiger partial charge >= 0.3 is 0 Å². The summed E-state index contributed by atoms with van der Waals surface area (Å²) >= 11 is 0. The van der Waals surface area contributed by atoms with E-state index in [-0.39, 0.29) is 18.7 Å². The van der Waals surface area contributed by atoms with Crippen molar-refractivity contribution in [3.05, 3.63) is 35.4 Å². The van der Waals surface area contributed by atoms with Gasteiger partial charge in [0.1, 0.15) is 11.6 Å². The first-order chi connectivity index (χ1) is 9.15. The first kappa shape index (κ1) is 16.0. The Labute approximate surface area is 112 Å². The molecule has 0 heterocycles. The first-order valence-electron chi connectivity index (χ1n) is 6.59. The molecule has 0 radical (unpaired) electrons. The van der Waals surface area contributed by atoms with Gasteiger partial charge < -0.3 is 15.5 Å². The molecular formula is C14H21F2NO2. The van der Waals surface area contributed by atoms with Gasteiger partial charge in [0.05, 0.1) is 6.10 Å². The maximum atomic E-state index is 13.4. The van der Waals surface area contributed by atoms with E-state index in [4.69, 9.17) is 5.11 Å². The molecule has 19 heavy (non-hydrogen) atoms. The molecule has 1 aromatic carbocycles. The summed E-state index contributed by atoms with van der Waals surface area (Å²) in [6.45, 7) is 1.18. The van der Waals surface area contributed by atoms with Crippen molar-refractivity contribution in [2.24, 2.45) is 0 Å². The average molecular weight is 273 g/mol. The summed E-state index contributed by atoms with van der Waals surface area (Å²) in [6.07, 6.45) is 2.77. The van der Waals surface area contributed by atoms with Crippen LogP contribution in [0.3, 0.4) is 0 Å². The highest BCUT2D eigenvalue weighted by Gasteiger charge is 2.12. The van der Waals surface area contributed by atoms with Gasteiger partial charge in [-0.3, -0.25) is 0 Å². The maximum Gasteiger partial charge on any atom is 0.131 e. The molecule has 0 bridgehead atoms. The van der Waals surface area contributed by atoms with Gasteiger partial charge in [-0.2, -0.15) is 0 Å². The molecule has 0 saturated heterocycles. The minimum atomic E-state index is -0.974. The van der Waals surface area contributed by atoms with Crippen LogP contribution in [0.5, 0.6) is 0 Å².